The number of sulfonamides is 1. The number of hydrogen-bond donors (Lipinski definition) is 2. The lowest BCUT2D eigenvalue weighted by Crippen LogP contribution is -2.17. The van der Waals surface area contributed by atoms with Crippen molar-refractivity contribution in [2.24, 2.45) is 5.10 Å². The number of hydrogen-bond acceptors (Lipinski definition) is 5. The first-order chi connectivity index (χ1) is 9.49. The largest absolute Gasteiger partial charge is 0.478 e. The van der Waals surface area contributed by atoms with Crippen LogP contribution in [0.2, 0.25) is 0 Å². The minimum Gasteiger partial charge on any atom is -0.478 e. The predicted molar refractivity (Wildman–Crippen MR) is 75.6 cm³/mol. The van der Waals surface area contributed by atoms with Crippen molar-refractivity contribution in [1.82, 2.24) is 4.83 Å². The van der Waals surface area contributed by atoms with Crippen molar-refractivity contribution < 1.29 is 18.3 Å². The molecule has 0 aliphatic heterocycles. The van der Waals surface area contributed by atoms with Gasteiger partial charge in [-0.1, -0.05) is 18.2 Å². The van der Waals surface area contributed by atoms with Gasteiger partial charge < -0.3 is 5.11 Å². The molecule has 0 saturated carbocycles. The van der Waals surface area contributed by atoms with Crippen molar-refractivity contribution in [2.75, 3.05) is 0 Å². The molecule has 2 aromatic rings. The average molecular weight is 310 g/mol. The van der Waals surface area contributed by atoms with E-state index in [1.54, 1.807) is 11.4 Å². The Kier molecular flexibility index (Phi) is 4.16. The monoisotopic (exact) mass is 310 g/mol. The minimum atomic E-state index is -3.63. The zero-order valence-corrected chi connectivity index (χ0v) is 11.7. The van der Waals surface area contributed by atoms with E-state index in [0.717, 1.165) is 11.3 Å². The number of nitrogens with one attached hydrogen (secondary N) is 1. The first-order valence-corrected chi connectivity index (χ1v) is 7.77. The van der Waals surface area contributed by atoms with Crippen molar-refractivity contribution in [2.45, 2.75) is 4.21 Å². The highest BCUT2D eigenvalue weighted by Gasteiger charge is 2.12. The van der Waals surface area contributed by atoms with Crippen molar-refractivity contribution in [3.8, 4) is 0 Å². The second-order valence-corrected chi connectivity index (χ2v) is 6.55. The van der Waals surface area contributed by atoms with Gasteiger partial charge in [0.1, 0.15) is 4.21 Å². The number of benzene rings is 1. The lowest BCUT2D eigenvalue weighted by Gasteiger charge is -1.99. The third-order valence-electron chi connectivity index (χ3n) is 2.30. The van der Waals surface area contributed by atoms with Crippen LogP contribution in [0.5, 0.6) is 0 Å². The van der Waals surface area contributed by atoms with Crippen LogP contribution in [0.3, 0.4) is 0 Å². The fourth-order valence-corrected chi connectivity index (χ4v) is 3.12. The topological polar surface area (TPSA) is 95.8 Å². The summed E-state index contributed by atoms with van der Waals surface area (Å²) in [6, 6.07) is 9.01. The highest BCUT2D eigenvalue weighted by Crippen LogP contribution is 2.15. The highest BCUT2D eigenvalue weighted by atomic mass is 32.2. The van der Waals surface area contributed by atoms with Crippen LogP contribution in [-0.2, 0) is 10.0 Å². The van der Waals surface area contributed by atoms with Gasteiger partial charge in [0.05, 0.1) is 11.8 Å². The Morgan fingerprint density at radius 1 is 1.25 bits per heavy atom. The van der Waals surface area contributed by atoms with E-state index < -0.39 is 16.0 Å². The van der Waals surface area contributed by atoms with Gasteiger partial charge in [-0.25, -0.2) is 4.79 Å². The highest BCUT2D eigenvalue weighted by molar-refractivity contribution is 7.91. The van der Waals surface area contributed by atoms with Crippen molar-refractivity contribution in [3.05, 3.63) is 52.9 Å². The van der Waals surface area contributed by atoms with Gasteiger partial charge in [-0.3, -0.25) is 0 Å². The average Bonchev–Trinajstić information content (AvgIpc) is 2.94. The molecule has 0 aliphatic carbocycles. The molecular weight excluding hydrogens is 300 g/mol. The van der Waals surface area contributed by atoms with E-state index in [9.17, 15) is 13.2 Å². The summed E-state index contributed by atoms with van der Waals surface area (Å²) >= 11 is 1.09. The van der Waals surface area contributed by atoms with Gasteiger partial charge in [0, 0.05) is 0 Å². The second kappa shape index (κ2) is 5.85. The smallest absolute Gasteiger partial charge is 0.335 e. The van der Waals surface area contributed by atoms with Gasteiger partial charge in [0.25, 0.3) is 10.0 Å². The summed E-state index contributed by atoms with van der Waals surface area (Å²) in [6.07, 6.45) is 1.30. The third-order valence-corrected chi connectivity index (χ3v) is 4.92. The van der Waals surface area contributed by atoms with E-state index in [-0.39, 0.29) is 9.77 Å². The van der Waals surface area contributed by atoms with E-state index in [2.05, 4.69) is 9.93 Å². The molecule has 0 atom stereocenters. The molecule has 20 heavy (non-hydrogen) atoms. The molecule has 1 aromatic heterocycles. The molecule has 8 heteroatoms. The Bertz CT molecular complexity index is 719. The minimum absolute atomic E-state index is 0.154. The van der Waals surface area contributed by atoms with Crippen LogP contribution in [0.1, 0.15) is 15.9 Å². The number of rotatable bonds is 5. The van der Waals surface area contributed by atoms with Gasteiger partial charge >= 0.3 is 5.97 Å². The van der Waals surface area contributed by atoms with Crippen LogP contribution >= 0.6 is 11.3 Å². The molecule has 1 heterocycles. The summed E-state index contributed by atoms with van der Waals surface area (Å²) in [4.78, 5) is 12.7. The molecule has 2 N–H and O–H groups in total. The van der Waals surface area contributed by atoms with Crippen LogP contribution in [0.15, 0.2) is 51.1 Å². The van der Waals surface area contributed by atoms with Crippen LogP contribution in [0.4, 0.5) is 0 Å². The normalized spacial score (nSPS) is 11.6. The molecule has 0 unspecified atom stereocenters. The Hall–Kier alpha value is -2.19. The van der Waals surface area contributed by atoms with Crippen molar-refractivity contribution in [1.29, 1.82) is 0 Å². The molecule has 0 spiro atoms. The van der Waals surface area contributed by atoms with Gasteiger partial charge in [0.15, 0.2) is 0 Å². The third kappa shape index (κ3) is 3.43. The number of nitrogens with zero attached hydrogens (tertiary/aromatic N) is 1. The van der Waals surface area contributed by atoms with Gasteiger partial charge in [-0.15, -0.1) is 11.3 Å². The predicted octanol–water partition coefficient (Wildman–Crippen LogP) is 1.76. The maximum atomic E-state index is 11.7. The number of carboxylic acid groups (broad SMARTS) is 1. The zero-order chi connectivity index (χ0) is 14.6. The molecule has 0 aliphatic rings. The zero-order valence-electron chi connectivity index (χ0n) is 10.1. The van der Waals surface area contributed by atoms with Crippen LogP contribution in [0.25, 0.3) is 0 Å². The summed E-state index contributed by atoms with van der Waals surface area (Å²) in [6.45, 7) is 0. The van der Waals surface area contributed by atoms with Gasteiger partial charge in [-0.2, -0.15) is 18.4 Å². The van der Waals surface area contributed by atoms with Crippen molar-refractivity contribution in [3.63, 3.8) is 0 Å². The lowest BCUT2D eigenvalue weighted by atomic mass is 10.1. The summed E-state index contributed by atoms with van der Waals surface area (Å²) in [7, 11) is -3.63. The Balaban J connectivity index is 2.05. The molecule has 2 rings (SSSR count). The molecule has 0 fully saturated rings. The van der Waals surface area contributed by atoms with Crippen molar-refractivity contribution >= 4 is 33.5 Å². The van der Waals surface area contributed by atoms with Gasteiger partial charge in [-0.05, 0) is 29.1 Å². The van der Waals surface area contributed by atoms with Crippen LogP contribution < -0.4 is 4.83 Å². The van der Waals surface area contributed by atoms with Gasteiger partial charge in [0.2, 0.25) is 0 Å². The van der Waals surface area contributed by atoms with E-state index in [0.29, 0.717) is 5.56 Å². The molecule has 0 radical (unpaired) electrons. The summed E-state index contributed by atoms with van der Waals surface area (Å²) in [5.74, 6) is -1.02. The summed E-state index contributed by atoms with van der Waals surface area (Å²) in [5, 5.41) is 14.0. The first-order valence-electron chi connectivity index (χ1n) is 5.41. The summed E-state index contributed by atoms with van der Waals surface area (Å²) < 4.78 is 23.6. The summed E-state index contributed by atoms with van der Waals surface area (Å²) in [5.41, 5.74) is 0.741. The number of aromatic carboxylic acids is 1. The fraction of sp³-hybridized carbons (Fsp3) is 0. The molecule has 6 nitrogen and oxygen atoms in total. The first kappa shape index (κ1) is 14.2. The number of carboxylic acids is 1. The molecule has 0 bridgehead atoms. The van der Waals surface area contributed by atoms with E-state index in [4.69, 9.17) is 5.11 Å². The SMILES string of the molecule is O=C(O)c1ccc(/C=N/NS(=O)(=O)c2cccs2)cc1. The Morgan fingerprint density at radius 2 is 1.95 bits per heavy atom. The number of hydrazone groups is 1. The number of carbonyl (C=O) groups is 1. The molecule has 104 valence electrons. The quantitative estimate of drug-likeness (QED) is 0.649. The van der Waals surface area contributed by atoms with Crippen LogP contribution in [-0.4, -0.2) is 25.7 Å². The standard InChI is InChI=1S/C12H10N2O4S2/c15-12(16)10-5-3-9(4-6-10)8-13-14-20(17,18)11-2-1-7-19-11/h1-8,14H,(H,15,16)/b13-8+. The van der Waals surface area contributed by atoms with Crippen LogP contribution in [0, 0.1) is 0 Å². The molecular formula is C12H10N2O4S2. The second-order valence-electron chi connectivity index (χ2n) is 3.71. The van der Waals surface area contributed by atoms with E-state index in [1.807, 2.05) is 0 Å². The maximum absolute atomic E-state index is 11.7. The van der Waals surface area contributed by atoms with E-state index >= 15 is 0 Å². The molecule has 0 saturated heterocycles. The fourth-order valence-electron chi connectivity index (χ4n) is 1.34. The Morgan fingerprint density at radius 3 is 2.50 bits per heavy atom. The molecule has 0 amide bonds. The lowest BCUT2D eigenvalue weighted by molar-refractivity contribution is 0.0697. The maximum Gasteiger partial charge on any atom is 0.335 e. The molecule has 1 aromatic carbocycles. The Labute approximate surface area is 119 Å². The van der Waals surface area contributed by atoms with E-state index in [1.165, 1.54) is 36.5 Å². The number of thiophene rings is 1.